The number of nitrogens with one attached hydrogen (secondary N) is 1. The first-order valence-corrected chi connectivity index (χ1v) is 9.31. The van der Waals surface area contributed by atoms with E-state index >= 15 is 0 Å². The Morgan fingerprint density at radius 1 is 1.40 bits per heavy atom. The molecule has 1 aliphatic rings. The fourth-order valence-corrected chi connectivity index (χ4v) is 4.09. The molecule has 0 amide bonds. The van der Waals surface area contributed by atoms with Crippen LogP contribution in [0.4, 0.5) is 5.69 Å². The lowest BCUT2D eigenvalue weighted by Gasteiger charge is -2.17. The number of rotatable bonds is 4. The zero-order valence-electron chi connectivity index (χ0n) is 10.9. The Hall–Kier alpha value is -1.32. The van der Waals surface area contributed by atoms with Crippen molar-refractivity contribution >= 4 is 25.7 Å². The summed E-state index contributed by atoms with van der Waals surface area (Å²) in [5.74, 6) is -0.413. The van der Waals surface area contributed by atoms with Crippen LogP contribution in [0.3, 0.4) is 0 Å². The molecule has 0 spiro atoms. The van der Waals surface area contributed by atoms with E-state index in [9.17, 15) is 21.9 Å². The number of anilines is 1. The molecule has 0 aromatic heterocycles. The van der Waals surface area contributed by atoms with Gasteiger partial charge in [-0.25, -0.2) is 8.42 Å². The molecular weight excluding hydrogens is 304 g/mol. The summed E-state index contributed by atoms with van der Waals surface area (Å²) in [6, 6.07) is 4.22. The first-order chi connectivity index (χ1) is 9.25. The van der Waals surface area contributed by atoms with Gasteiger partial charge in [-0.05, 0) is 17.7 Å². The normalized spacial score (nSPS) is 18.4. The lowest BCUT2D eigenvalue weighted by Crippen LogP contribution is -2.29. The number of nitrogens with zero attached hydrogens (tertiary/aromatic N) is 1. The van der Waals surface area contributed by atoms with Crippen molar-refractivity contribution < 1.29 is 21.9 Å². The van der Waals surface area contributed by atoms with Gasteiger partial charge < -0.3 is 5.11 Å². The van der Waals surface area contributed by atoms with Crippen LogP contribution in [0.1, 0.15) is 12.5 Å². The topological polar surface area (TPSA) is 104 Å². The van der Waals surface area contributed by atoms with E-state index in [2.05, 4.69) is 4.72 Å². The van der Waals surface area contributed by atoms with Crippen LogP contribution in [-0.2, 0) is 25.8 Å². The van der Waals surface area contributed by atoms with E-state index < -0.39 is 20.0 Å². The standard InChI is InChI=1S/C11H16N2O5S2/c1-2-19(15,16)8-9-3-4-10(11(14)7-9)13-6-5-12-20(13,17)18/h3-4,7,12,14H,2,5-6,8H2,1H3. The van der Waals surface area contributed by atoms with Gasteiger partial charge in [0.05, 0.1) is 11.4 Å². The van der Waals surface area contributed by atoms with E-state index in [0.29, 0.717) is 5.56 Å². The van der Waals surface area contributed by atoms with Crippen molar-refractivity contribution in [1.82, 2.24) is 4.72 Å². The number of hydrogen-bond donors (Lipinski definition) is 2. The van der Waals surface area contributed by atoms with Crippen LogP contribution in [-0.4, -0.2) is 40.8 Å². The van der Waals surface area contributed by atoms with Crippen LogP contribution in [0.2, 0.25) is 0 Å². The molecule has 7 nitrogen and oxygen atoms in total. The van der Waals surface area contributed by atoms with Gasteiger partial charge in [-0.3, -0.25) is 4.31 Å². The van der Waals surface area contributed by atoms with Crippen molar-refractivity contribution in [3.05, 3.63) is 23.8 Å². The Kier molecular flexibility index (Phi) is 3.94. The molecule has 1 heterocycles. The molecule has 0 bridgehead atoms. The predicted molar refractivity (Wildman–Crippen MR) is 75.5 cm³/mol. The van der Waals surface area contributed by atoms with Crippen molar-refractivity contribution in [3.63, 3.8) is 0 Å². The molecule has 0 aliphatic carbocycles. The van der Waals surface area contributed by atoms with E-state index in [4.69, 9.17) is 0 Å². The molecule has 2 N–H and O–H groups in total. The highest BCUT2D eigenvalue weighted by Crippen LogP contribution is 2.31. The average Bonchev–Trinajstić information content (AvgIpc) is 2.69. The second-order valence-electron chi connectivity index (χ2n) is 4.47. The molecule has 0 saturated carbocycles. The minimum Gasteiger partial charge on any atom is -0.506 e. The molecule has 1 aromatic carbocycles. The molecule has 1 fully saturated rings. The first-order valence-electron chi connectivity index (χ1n) is 6.05. The largest absolute Gasteiger partial charge is 0.506 e. The molecule has 0 unspecified atom stereocenters. The highest BCUT2D eigenvalue weighted by molar-refractivity contribution is 7.91. The second kappa shape index (κ2) is 5.23. The Labute approximate surface area is 118 Å². The van der Waals surface area contributed by atoms with Crippen LogP contribution in [0, 0.1) is 0 Å². The molecule has 20 heavy (non-hydrogen) atoms. The Balaban J connectivity index is 2.32. The zero-order chi connectivity index (χ0) is 15.0. The fourth-order valence-electron chi connectivity index (χ4n) is 1.95. The number of phenols is 1. The number of benzene rings is 1. The van der Waals surface area contributed by atoms with Gasteiger partial charge in [0.25, 0.3) is 0 Å². The van der Waals surface area contributed by atoms with Gasteiger partial charge in [-0.15, -0.1) is 0 Å². The quantitative estimate of drug-likeness (QED) is 0.811. The Morgan fingerprint density at radius 2 is 2.10 bits per heavy atom. The smallest absolute Gasteiger partial charge is 0.301 e. The maximum atomic E-state index is 11.7. The third-order valence-electron chi connectivity index (χ3n) is 3.02. The molecule has 0 radical (unpaired) electrons. The van der Waals surface area contributed by atoms with Gasteiger partial charge in [-0.2, -0.15) is 13.1 Å². The second-order valence-corrected chi connectivity index (χ2v) is 8.50. The zero-order valence-corrected chi connectivity index (χ0v) is 12.5. The van der Waals surface area contributed by atoms with Crippen LogP contribution < -0.4 is 9.03 Å². The minimum atomic E-state index is -3.61. The minimum absolute atomic E-state index is 0.0138. The van der Waals surface area contributed by atoms with E-state index in [1.807, 2.05) is 0 Å². The van der Waals surface area contributed by atoms with Crippen molar-refractivity contribution in [2.45, 2.75) is 12.7 Å². The van der Waals surface area contributed by atoms with Crippen molar-refractivity contribution in [3.8, 4) is 5.75 Å². The molecule has 112 valence electrons. The molecule has 1 aromatic rings. The Morgan fingerprint density at radius 3 is 2.60 bits per heavy atom. The first kappa shape index (κ1) is 15.1. The lowest BCUT2D eigenvalue weighted by molar-refractivity contribution is 0.475. The van der Waals surface area contributed by atoms with Crippen LogP contribution in [0.5, 0.6) is 5.75 Å². The van der Waals surface area contributed by atoms with Crippen molar-refractivity contribution in [1.29, 1.82) is 0 Å². The van der Waals surface area contributed by atoms with Gasteiger partial charge in [0.15, 0.2) is 9.84 Å². The lowest BCUT2D eigenvalue weighted by atomic mass is 10.2. The maximum absolute atomic E-state index is 11.7. The van der Waals surface area contributed by atoms with Gasteiger partial charge in [0.1, 0.15) is 5.75 Å². The monoisotopic (exact) mass is 320 g/mol. The molecule has 9 heteroatoms. The number of phenolic OH excluding ortho intramolecular Hbond substituents is 1. The fraction of sp³-hybridized carbons (Fsp3) is 0.455. The summed E-state index contributed by atoms with van der Waals surface area (Å²) >= 11 is 0. The summed E-state index contributed by atoms with van der Waals surface area (Å²) in [6.45, 7) is 2.04. The molecule has 1 saturated heterocycles. The number of hydrogen-bond acceptors (Lipinski definition) is 5. The highest BCUT2D eigenvalue weighted by atomic mass is 32.2. The van der Waals surface area contributed by atoms with Gasteiger partial charge >= 0.3 is 10.2 Å². The molecular formula is C11H16N2O5S2. The molecule has 2 rings (SSSR count). The van der Waals surface area contributed by atoms with Crippen molar-refractivity contribution in [2.24, 2.45) is 0 Å². The van der Waals surface area contributed by atoms with E-state index in [0.717, 1.165) is 4.31 Å². The van der Waals surface area contributed by atoms with Gasteiger partial charge in [-0.1, -0.05) is 13.0 Å². The summed E-state index contributed by atoms with van der Waals surface area (Å²) in [7, 11) is -6.81. The predicted octanol–water partition coefficient (Wildman–Crippen LogP) is -0.0187. The van der Waals surface area contributed by atoms with E-state index in [1.54, 1.807) is 6.92 Å². The van der Waals surface area contributed by atoms with E-state index in [-0.39, 0.29) is 36.0 Å². The third-order valence-corrected chi connectivity index (χ3v) is 6.21. The van der Waals surface area contributed by atoms with Gasteiger partial charge in [0.2, 0.25) is 0 Å². The average molecular weight is 320 g/mol. The van der Waals surface area contributed by atoms with Gasteiger partial charge in [0, 0.05) is 18.8 Å². The molecule has 1 aliphatic heterocycles. The number of sulfone groups is 1. The van der Waals surface area contributed by atoms with Crippen molar-refractivity contribution in [2.75, 3.05) is 23.1 Å². The summed E-state index contributed by atoms with van der Waals surface area (Å²) in [4.78, 5) is 0. The van der Waals surface area contributed by atoms with Crippen LogP contribution in [0.15, 0.2) is 18.2 Å². The highest BCUT2D eigenvalue weighted by Gasteiger charge is 2.29. The third kappa shape index (κ3) is 3.05. The Bertz CT molecular complexity index is 712. The summed E-state index contributed by atoms with van der Waals surface area (Å²) in [5, 5.41) is 9.92. The molecule has 0 atom stereocenters. The van der Waals surface area contributed by atoms with Crippen LogP contribution >= 0.6 is 0 Å². The number of aromatic hydroxyl groups is 1. The summed E-state index contributed by atoms with van der Waals surface area (Å²) < 4.78 is 49.8. The van der Waals surface area contributed by atoms with E-state index in [1.165, 1.54) is 18.2 Å². The summed E-state index contributed by atoms with van der Waals surface area (Å²) in [6.07, 6.45) is 0. The SMILES string of the molecule is CCS(=O)(=O)Cc1ccc(N2CCNS2(=O)=O)c(O)c1. The maximum Gasteiger partial charge on any atom is 0.301 e. The van der Waals surface area contributed by atoms with Crippen LogP contribution in [0.25, 0.3) is 0 Å². The summed E-state index contributed by atoms with van der Waals surface area (Å²) in [5.41, 5.74) is 0.574.